The summed E-state index contributed by atoms with van der Waals surface area (Å²) in [6.07, 6.45) is 9.47. The molecule has 14 nitrogen and oxygen atoms in total. The van der Waals surface area contributed by atoms with Crippen LogP contribution in [0.15, 0.2) is 30.3 Å². The summed E-state index contributed by atoms with van der Waals surface area (Å²) in [6.45, 7) is 16.3. The number of likely N-dealkylation sites (N-methyl/N-ethyl adjacent to an activating group) is 1. The predicted octanol–water partition coefficient (Wildman–Crippen LogP) is 4.24. The van der Waals surface area contributed by atoms with E-state index in [-0.39, 0.29) is 24.3 Å². The first-order valence-corrected chi connectivity index (χ1v) is 20.2. The number of hydrogen-bond acceptors (Lipinski definition) is 7. The van der Waals surface area contributed by atoms with E-state index in [9.17, 15) is 33.6 Å². The van der Waals surface area contributed by atoms with Crippen molar-refractivity contribution in [3.63, 3.8) is 0 Å². The second kappa shape index (κ2) is 21.7. The zero-order valence-corrected chi connectivity index (χ0v) is 35.7. The van der Waals surface area contributed by atoms with Crippen LogP contribution in [0.3, 0.4) is 0 Å². The number of ketones is 1. The van der Waals surface area contributed by atoms with Gasteiger partial charge in [0.05, 0.1) is 12.6 Å². The molecule has 1 aliphatic carbocycles. The molecule has 56 heavy (non-hydrogen) atoms. The number of nitrogens with one attached hydrogen (secondary N) is 5. The van der Waals surface area contributed by atoms with Crippen LogP contribution in [0.4, 0.5) is 4.79 Å². The molecule has 1 saturated carbocycles. The van der Waals surface area contributed by atoms with Gasteiger partial charge in [-0.25, -0.2) is 4.79 Å². The molecule has 0 aromatic heterocycles. The van der Waals surface area contributed by atoms with Gasteiger partial charge in [-0.1, -0.05) is 110 Å². The second-order valence-corrected chi connectivity index (χ2v) is 17.1. The van der Waals surface area contributed by atoms with E-state index in [4.69, 9.17) is 0 Å². The maximum Gasteiger partial charge on any atom is 0.315 e. The van der Waals surface area contributed by atoms with Gasteiger partial charge in [0.25, 0.3) is 5.91 Å². The molecule has 2 fully saturated rings. The molecule has 1 aliphatic heterocycles. The molecule has 14 heteroatoms. The molecule has 5 unspecified atom stereocenters. The third-order valence-electron chi connectivity index (χ3n) is 10.9. The topological polar surface area (TPSA) is 186 Å². The van der Waals surface area contributed by atoms with Crippen LogP contribution in [0.5, 0.6) is 0 Å². The Morgan fingerprint density at radius 3 is 1.91 bits per heavy atom. The lowest BCUT2D eigenvalue weighted by Crippen LogP contribution is -2.62. The first-order valence-electron chi connectivity index (χ1n) is 20.2. The lowest BCUT2D eigenvalue weighted by Gasteiger charge is -2.37. The molecule has 7 amide bonds. The Kier molecular flexibility index (Phi) is 18.5. The third-order valence-corrected chi connectivity index (χ3v) is 10.9. The summed E-state index contributed by atoms with van der Waals surface area (Å²) >= 11 is 0. The van der Waals surface area contributed by atoms with Crippen LogP contribution in [0.2, 0.25) is 0 Å². The molecule has 314 valence electrons. The molecule has 2 aliphatic rings. The van der Waals surface area contributed by atoms with E-state index >= 15 is 0 Å². The summed E-state index contributed by atoms with van der Waals surface area (Å²) < 4.78 is 0. The van der Waals surface area contributed by atoms with E-state index in [1.54, 1.807) is 44.4 Å². The van der Waals surface area contributed by atoms with Gasteiger partial charge in [-0.05, 0) is 56.4 Å². The molecule has 0 spiro atoms. The Morgan fingerprint density at radius 2 is 1.41 bits per heavy atom. The number of Topliss-reactive ketones (excluding diaryl/α,β-unsaturated/α-hetero) is 1. The highest BCUT2D eigenvalue weighted by atomic mass is 16.2. The van der Waals surface area contributed by atoms with Crippen molar-refractivity contribution in [2.45, 2.75) is 143 Å². The molecule has 0 radical (unpaired) electrons. The minimum Gasteiger partial charge on any atom is -0.347 e. The number of rotatable bonds is 15. The van der Waals surface area contributed by atoms with Gasteiger partial charge >= 0.3 is 6.03 Å². The summed E-state index contributed by atoms with van der Waals surface area (Å²) in [4.78, 5) is 95.3. The fraction of sp³-hybridized carbons (Fsp3) is 0.690. The molecular weight excluding hydrogens is 715 g/mol. The van der Waals surface area contributed by atoms with Crippen molar-refractivity contribution in [1.82, 2.24) is 36.4 Å². The van der Waals surface area contributed by atoms with E-state index in [2.05, 4.69) is 26.6 Å². The van der Waals surface area contributed by atoms with Crippen molar-refractivity contribution in [3.8, 4) is 0 Å². The van der Waals surface area contributed by atoms with Crippen molar-refractivity contribution >= 4 is 41.4 Å². The Bertz CT molecular complexity index is 1500. The van der Waals surface area contributed by atoms with Crippen molar-refractivity contribution in [2.24, 2.45) is 17.3 Å². The summed E-state index contributed by atoms with van der Waals surface area (Å²) in [5, 5.41) is 13.2. The van der Waals surface area contributed by atoms with Gasteiger partial charge in [0.1, 0.15) is 18.1 Å². The molecule has 1 heterocycles. The van der Waals surface area contributed by atoms with Crippen molar-refractivity contribution in [2.75, 3.05) is 27.2 Å². The van der Waals surface area contributed by atoms with Gasteiger partial charge in [0, 0.05) is 26.2 Å². The van der Waals surface area contributed by atoms with Crippen LogP contribution in [0, 0.1) is 17.3 Å². The lowest BCUT2D eigenvalue weighted by molar-refractivity contribution is -0.144. The maximum absolute atomic E-state index is 14.2. The zero-order valence-electron chi connectivity index (χ0n) is 35.7. The number of carbonyl (C=O) groups excluding carboxylic acids is 7. The Hall–Kier alpha value is -4.49. The van der Waals surface area contributed by atoms with Crippen molar-refractivity contribution < 1.29 is 33.6 Å². The molecular formula is C42H69N7O7. The van der Waals surface area contributed by atoms with Crippen LogP contribution in [-0.2, 0) is 28.8 Å². The fourth-order valence-electron chi connectivity index (χ4n) is 6.77. The minimum absolute atomic E-state index is 0.0557. The lowest BCUT2D eigenvalue weighted by atomic mass is 9.83. The molecule has 1 saturated heterocycles. The monoisotopic (exact) mass is 784 g/mol. The number of benzene rings is 1. The Morgan fingerprint density at radius 1 is 0.839 bits per heavy atom. The number of urea groups is 1. The smallest absolute Gasteiger partial charge is 0.315 e. The van der Waals surface area contributed by atoms with Gasteiger partial charge in [0.2, 0.25) is 29.4 Å². The molecule has 1 aromatic rings. The Labute approximate surface area is 334 Å². The SMILES string of the molecule is C1CCCC1.CC[C@@H](C)C1CCN(C(=O)C(NC(=O)NC(C)(C)CC)C(C)(C)C)C1C(=O)NC(C)C(=O)C(=O)NCC(=O)NC(C(=O)N(C)C)c1ccccc1. The van der Waals surface area contributed by atoms with E-state index in [0.29, 0.717) is 18.4 Å². The number of carbonyl (C=O) groups is 7. The van der Waals surface area contributed by atoms with Crippen molar-refractivity contribution in [3.05, 3.63) is 35.9 Å². The highest BCUT2D eigenvalue weighted by Crippen LogP contribution is 2.35. The second-order valence-electron chi connectivity index (χ2n) is 17.1. The number of amides is 7. The average molecular weight is 784 g/mol. The summed E-state index contributed by atoms with van der Waals surface area (Å²) in [6, 6.07) is 3.94. The first kappa shape index (κ1) is 47.7. The number of nitrogens with zero attached hydrogens (tertiary/aromatic N) is 2. The van der Waals surface area contributed by atoms with E-state index < -0.39 is 77.1 Å². The number of likely N-dealkylation sites (tertiary alicyclic amines) is 1. The first-order chi connectivity index (χ1) is 26.1. The van der Waals surface area contributed by atoms with Crippen LogP contribution < -0.4 is 26.6 Å². The highest BCUT2D eigenvalue weighted by Gasteiger charge is 2.48. The quantitative estimate of drug-likeness (QED) is 0.165. The predicted molar refractivity (Wildman–Crippen MR) is 217 cm³/mol. The van der Waals surface area contributed by atoms with Gasteiger partial charge in [0.15, 0.2) is 0 Å². The third kappa shape index (κ3) is 14.2. The average Bonchev–Trinajstić information content (AvgIpc) is 3.88. The van der Waals surface area contributed by atoms with E-state index in [1.807, 2.05) is 55.4 Å². The largest absolute Gasteiger partial charge is 0.347 e. The molecule has 5 N–H and O–H groups in total. The van der Waals surface area contributed by atoms with Gasteiger partial charge in [-0.2, -0.15) is 0 Å². The molecule has 1 aromatic carbocycles. The summed E-state index contributed by atoms with van der Waals surface area (Å²) in [7, 11) is 3.11. The van der Waals surface area contributed by atoms with Gasteiger partial charge in [-0.3, -0.25) is 28.8 Å². The molecule has 3 rings (SSSR count). The van der Waals surface area contributed by atoms with Gasteiger partial charge in [-0.15, -0.1) is 0 Å². The highest BCUT2D eigenvalue weighted by molar-refractivity contribution is 6.38. The van der Waals surface area contributed by atoms with E-state index in [0.717, 1.165) is 6.42 Å². The maximum atomic E-state index is 14.2. The summed E-state index contributed by atoms with van der Waals surface area (Å²) in [5.74, 6) is -4.32. The fourth-order valence-corrected chi connectivity index (χ4v) is 6.77. The van der Waals surface area contributed by atoms with Crippen LogP contribution in [-0.4, -0.2) is 102 Å². The van der Waals surface area contributed by atoms with Crippen LogP contribution in [0.25, 0.3) is 0 Å². The normalized spacial score (nSPS) is 18.9. The van der Waals surface area contributed by atoms with Crippen LogP contribution >= 0.6 is 0 Å². The summed E-state index contributed by atoms with van der Waals surface area (Å²) in [5.41, 5.74) is -0.650. The van der Waals surface area contributed by atoms with E-state index in [1.165, 1.54) is 48.8 Å². The van der Waals surface area contributed by atoms with Crippen LogP contribution in [0.1, 0.15) is 125 Å². The van der Waals surface area contributed by atoms with Gasteiger partial charge < -0.3 is 36.4 Å². The standard InChI is InChI=1S/C37H59N7O7.C5H10/c1-12-22(3)25-19-20-44(34(50)30(36(5,6)7)41-35(51)42-37(8,9)13-2)28(25)31(47)39-23(4)29(46)32(48)38-21-26(45)40-27(33(49)43(10)11)24-17-15-14-16-18-24;1-2-4-5-3-1/h14-18,22-23,25,27-28,30H,12-13,19-21H2,1-11H3,(H,38,48)(H,39,47)(H,40,45)(H2,41,42,51);1-5H2/t22-,23?,25?,27?,28?,30?;/m1./s1. The number of hydrogen-bond donors (Lipinski definition) is 5. The minimum atomic E-state index is -1.28. The zero-order chi connectivity index (χ0) is 42.4. The molecule has 6 atom stereocenters. The van der Waals surface area contributed by atoms with Crippen molar-refractivity contribution in [1.29, 1.82) is 0 Å². The molecule has 0 bridgehead atoms. The Balaban J connectivity index is 0.00000199.